The first-order valence-electron chi connectivity index (χ1n) is 5.68. The molecular formula is C12H14N2O6. The molecule has 20 heavy (non-hydrogen) atoms. The van der Waals surface area contributed by atoms with Crippen molar-refractivity contribution in [3.8, 4) is 0 Å². The Balaban J connectivity index is 2.92. The van der Waals surface area contributed by atoms with Crippen molar-refractivity contribution in [3.63, 3.8) is 0 Å². The van der Waals surface area contributed by atoms with Gasteiger partial charge in [-0.1, -0.05) is 6.07 Å². The lowest BCUT2D eigenvalue weighted by Gasteiger charge is -2.18. The van der Waals surface area contributed by atoms with E-state index in [0.29, 0.717) is 0 Å². The number of carbonyl (C=O) groups is 2. The van der Waals surface area contributed by atoms with Gasteiger partial charge in [-0.2, -0.15) is 0 Å². The second-order valence-corrected chi connectivity index (χ2v) is 4.02. The number of non-ortho nitro benzene ring substituents is 1. The topological polar surface area (TPSA) is 119 Å². The number of hydrogen-bond acceptors (Lipinski definition) is 6. The van der Waals surface area contributed by atoms with Crippen molar-refractivity contribution >= 4 is 17.6 Å². The molecule has 0 bridgehead atoms. The zero-order chi connectivity index (χ0) is 15.3. The quantitative estimate of drug-likeness (QED) is 0.454. The zero-order valence-electron chi connectivity index (χ0n) is 10.9. The fourth-order valence-electron chi connectivity index (χ4n) is 1.49. The van der Waals surface area contributed by atoms with Gasteiger partial charge in [0.2, 0.25) is 0 Å². The molecule has 1 aromatic carbocycles. The molecule has 0 saturated carbocycles. The van der Waals surface area contributed by atoms with Crippen molar-refractivity contribution < 1.29 is 24.4 Å². The maximum atomic E-state index is 11.9. The van der Waals surface area contributed by atoms with E-state index in [1.165, 1.54) is 25.1 Å². The van der Waals surface area contributed by atoms with Gasteiger partial charge in [-0.3, -0.25) is 14.9 Å². The van der Waals surface area contributed by atoms with Crippen LogP contribution in [0.1, 0.15) is 17.3 Å². The van der Waals surface area contributed by atoms with Gasteiger partial charge in [0, 0.05) is 17.7 Å². The summed E-state index contributed by atoms with van der Waals surface area (Å²) >= 11 is 0. The molecule has 0 aliphatic rings. The van der Waals surface area contributed by atoms with Crippen LogP contribution in [-0.2, 0) is 9.53 Å². The molecule has 0 radical (unpaired) electrons. The van der Waals surface area contributed by atoms with E-state index in [0.717, 1.165) is 13.2 Å². The summed E-state index contributed by atoms with van der Waals surface area (Å²) in [7, 11) is 1.12. The van der Waals surface area contributed by atoms with Gasteiger partial charge in [0.25, 0.3) is 11.6 Å². The normalized spacial score (nSPS) is 13.2. The zero-order valence-corrected chi connectivity index (χ0v) is 10.9. The molecule has 1 aromatic rings. The van der Waals surface area contributed by atoms with Crippen LogP contribution in [0.3, 0.4) is 0 Å². The smallest absolute Gasteiger partial charge is 0.331 e. The molecular weight excluding hydrogens is 268 g/mol. The van der Waals surface area contributed by atoms with E-state index < -0.39 is 28.9 Å². The van der Waals surface area contributed by atoms with E-state index in [1.807, 2.05) is 0 Å². The van der Waals surface area contributed by atoms with Crippen molar-refractivity contribution in [2.45, 2.75) is 19.1 Å². The van der Waals surface area contributed by atoms with Gasteiger partial charge in [0.05, 0.1) is 18.1 Å². The number of aliphatic hydroxyl groups is 1. The molecule has 0 spiro atoms. The summed E-state index contributed by atoms with van der Waals surface area (Å²) in [4.78, 5) is 33.3. The highest BCUT2D eigenvalue weighted by Gasteiger charge is 2.27. The maximum Gasteiger partial charge on any atom is 0.331 e. The first-order valence-corrected chi connectivity index (χ1v) is 5.68. The van der Waals surface area contributed by atoms with Crippen LogP contribution in [0.25, 0.3) is 0 Å². The van der Waals surface area contributed by atoms with E-state index in [2.05, 4.69) is 10.1 Å². The van der Waals surface area contributed by atoms with Gasteiger partial charge < -0.3 is 15.2 Å². The minimum Gasteiger partial charge on any atom is -0.467 e. The predicted octanol–water partition coefficient (Wildman–Crippen LogP) is 0.247. The van der Waals surface area contributed by atoms with Crippen LogP contribution in [0.15, 0.2) is 24.3 Å². The molecule has 0 heterocycles. The number of nitro benzene ring substituents is 1. The summed E-state index contributed by atoms with van der Waals surface area (Å²) in [6, 6.07) is 3.78. The van der Waals surface area contributed by atoms with Crippen molar-refractivity contribution in [2.75, 3.05) is 7.11 Å². The summed E-state index contributed by atoms with van der Waals surface area (Å²) < 4.78 is 4.45. The average molecular weight is 282 g/mol. The Hall–Kier alpha value is -2.48. The molecule has 2 N–H and O–H groups in total. The van der Waals surface area contributed by atoms with Crippen LogP contribution in [0, 0.1) is 10.1 Å². The number of methoxy groups -OCH3 is 1. The number of ether oxygens (including phenoxy) is 1. The number of rotatable bonds is 5. The van der Waals surface area contributed by atoms with Crippen LogP contribution in [0.5, 0.6) is 0 Å². The lowest BCUT2D eigenvalue weighted by atomic mass is 10.1. The first kappa shape index (κ1) is 15.6. The molecule has 108 valence electrons. The highest BCUT2D eigenvalue weighted by atomic mass is 16.6. The fraction of sp³-hybridized carbons (Fsp3) is 0.333. The van der Waals surface area contributed by atoms with E-state index >= 15 is 0 Å². The Kier molecular flexibility index (Phi) is 5.15. The van der Waals surface area contributed by atoms with Gasteiger partial charge in [-0.25, -0.2) is 4.79 Å². The minimum absolute atomic E-state index is 0.00810. The average Bonchev–Trinajstić information content (AvgIpc) is 2.43. The molecule has 2 atom stereocenters. The highest BCUT2D eigenvalue weighted by Crippen LogP contribution is 2.13. The van der Waals surface area contributed by atoms with Crippen molar-refractivity contribution in [2.24, 2.45) is 0 Å². The van der Waals surface area contributed by atoms with E-state index in [9.17, 15) is 24.8 Å². The molecule has 8 heteroatoms. The van der Waals surface area contributed by atoms with Crippen LogP contribution < -0.4 is 5.32 Å². The maximum absolute atomic E-state index is 11.9. The lowest BCUT2D eigenvalue weighted by Crippen LogP contribution is -2.48. The molecule has 0 aromatic heterocycles. The second-order valence-electron chi connectivity index (χ2n) is 4.02. The van der Waals surface area contributed by atoms with Gasteiger partial charge in [-0.15, -0.1) is 0 Å². The van der Waals surface area contributed by atoms with E-state index in [-0.39, 0.29) is 11.3 Å². The van der Waals surface area contributed by atoms with Gasteiger partial charge in [0.15, 0.2) is 6.04 Å². The van der Waals surface area contributed by atoms with E-state index in [1.54, 1.807) is 0 Å². The predicted molar refractivity (Wildman–Crippen MR) is 68.0 cm³/mol. The third-order valence-corrected chi connectivity index (χ3v) is 2.54. The number of benzene rings is 1. The number of carbonyl (C=O) groups excluding carboxylic acids is 2. The molecule has 1 rings (SSSR count). The lowest BCUT2D eigenvalue weighted by molar-refractivity contribution is -0.384. The summed E-state index contributed by atoms with van der Waals surface area (Å²) in [6.45, 7) is 1.31. The number of hydrogen-bond donors (Lipinski definition) is 2. The molecule has 0 aliphatic heterocycles. The third-order valence-electron chi connectivity index (χ3n) is 2.54. The van der Waals surface area contributed by atoms with Crippen molar-refractivity contribution in [3.05, 3.63) is 39.9 Å². The first-order chi connectivity index (χ1) is 9.36. The molecule has 0 fully saturated rings. The SMILES string of the molecule is COC(=O)[C@@H](NC(=O)c1cccc([N+](=O)[O-])c1)[C@@H](C)O. The van der Waals surface area contributed by atoms with Crippen LogP contribution >= 0.6 is 0 Å². The molecule has 0 unspecified atom stereocenters. The number of nitro groups is 1. The number of aliphatic hydroxyl groups excluding tert-OH is 1. The second kappa shape index (κ2) is 6.62. The minimum atomic E-state index is -1.24. The Bertz CT molecular complexity index is 528. The Morgan fingerprint density at radius 1 is 1.45 bits per heavy atom. The number of esters is 1. The summed E-state index contributed by atoms with van der Waals surface area (Å²) in [6.07, 6.45) is -1.16. The summed E-state index contributed by atoms with van der Waals surface area (Å²) in [5.74, 6) is -1.52. The molecule has 1 amide bonds. The Morgan fingerprint density at radius 2 is 2.10 bits per heavy atom. The molecule has 8 nitrogen and oxygen atoms in total. The fourth-order valence-corrected chi connectivity index (χ4v) is 1.49. The van der Waals surface area contributed by atoms with Crippen LogP contribution in [-0.4, -0.2) is 41.2 Å². The van der Waals surface area contributed by atoms with Gasteiger partial charge in [-0.05, 0) is 13.0 Å². The monoisotopic (exact) mass is 282 g/mol. The van der Waals surface area contributed by atoms with Crippen molar-refractivity contribution in [1.29, 1.82) is 0 Å². The van der Waals surface area contributed by atoms with Gasteiger partial charge >= 0.3 is 5.97 Å². The van der Waals surface area contributed by atoms with Crippen molar-refractivity contribution in [1.82, 2.24) is 5.32 Å². The highest BCUT2D eigenvalue weighted by molar-refractivity contribution is 5.97. The summed E-state index contributed by atoms with van der Waals surface area (Å²) in [5, 5.41) is 22.3. The molecule has 0 saturated heterocycles. The summed E-state index contributed by atoms with van der Waals surface area (Å²) in [5.41, 5.74) is -0.238. The number of amides is 1. The largest absolute Gasteiger partial charge is 0.467 e. The Labute approximate surface area is 114 Å². The number of nitrogens with zero attached hydrogens (tertiary/aromatic N) is 1. The van der Waals surface area contributed by atoms with E-state index in [4.69, 9.17) is 0 Å². The van der Waals surface area contributed by atoms with Crippen LogP contribution in [0.2, 0.25) is 0 Å². The Morgan fingerprint density at radius 3 is 2.60 bits per heavy atom. The molecule has 0 aliphatic carbocycles. The standard InChI is InChI=1S/C12H14N2O6/c1-7(15)10(12(17)20-2)13-11(16)8-4-3-5-9(6-8)14(18)19/h3-7,10,15H,1-2H3,(H,13,16)/t7-,10+/m1/s1. The third kappa shape index (κ3) is 3.75. The van der Waals surface area contributed by atoms with Crippen LogP contribution in [0.4, 0.5) is 5.69 Å². The van der Waals surface area contributed by atoms with Gasteiger partial charge in [0.1, 0.15) is 0 Å². The number of nitrogens with one attached hydrogen (secondary N) is 1.